The Morgan fingerprint density at radius 1 is 1.11 bits per heavy atom. The molecule has 1 unspecified atom stereocenters. The van der Waals surface area contributed by atoms with Crippen LogP contribution >= 0.6 is 0 Å². The Labute approximate surface area is 158 Å². The molecule has 1 amide bonds. The van der Waals surface area contributed by atoms with Gasteiger partial charge in [-0.25, -0.2) is 4.98 Å². The maximum atomic E-state index is 12.9. The number of nitrogens with zero attached hydrogens (tertiary/aromatic N) is 5. The molecule has 1 fully saturated rings. The van der Waals surface area contributed by atoms with E-state index in [2.05, 4.69) is 26.4 Å². The Hall–Kier alpha value is -3.02. The minimum Gasteiger partial charge on any atom is -0.332 e. The van der Waals surface area contributed by atoms with Crippen molar-refractivity contribution in [2.45, 2.75) is 38.8 Å². The van der Waals surface area contributed by atoms with E-state index in [1.807, 2.05) is 35.4 Å². The van der Waals surface area contributed by atoms with Gasteiger partial charge in [-0.05, 0) is 49.1 Å². The third-order valence-corrected chi connectivity index (χ3v) is 5.13. The molecular weight excluding hydrogens is 338 g/mol. The van der Waals surface area contributed by atoms with Crippen LogP contribution in [0.4, 0.5) is 0 Å². The quantitative estimate of drug-likeness (QED) is 0.701. The molecule has 1 atom stereocenters. The summed E-state index contributed by atoms with van der Waals surface area (Å²) in [5.74, 6) is 1.11. The number of amides is 1. The smallest absolute Gasteiger partial charge is 0.227 e. The van der Waals surface area contributed by atoms with Crippen molar-refractivity contribution >= 4 is 5.91 Å². The van der Waals surface area contributed by atoms with E-state index in [0.717, 1.165) is 43.0 Å². The predicted molar refractivity (Wildman–Crippen MR) is 102 cm³/mol. The fourth-order valence-electron chi connectivity index (χ4n) is 3.73. The fraction of sp³-hybridized carbons (Fsp3) is 0.333. The first-order chi connectivity index (χ1) is 13.2. The lowest BCUT2D eigenvalue weighted by Gasteiger charge is -2.25. The highest BCUT2D eigenvalue weighted by atomic mass is 16.2. The molecular formula is C21H23N5O. The molecule has 0 N–H and O–H groups in total. The molecule has 0 aromatic carbocycles. The van der Waals surface area contributed by atoms with Gasteiger partial charge in [0.2, 0.25) is 5.91 Å². The summed E-state index contributed by atoms with van der Waals surface area (Å²) in [6.45, 7) is 3.59. The minimum absolute atomic E-state index is 0.0321. The van der Waals surface area contributed by atoms with Crippen LogP contribution in [0.1, 0.15) is 41.5 Å². The van der Waals surface area contributed by atoms with E-state index in [9.17, 15) is 4.79 Å². The topological polar surface area (TPSA) is 63.9 Å². The molecule has 6 nitrogen and oxygen atoms in total. The van der Waals surface area contributed by atoms with Gasteiger partial charge < -0.3 is 9.47 Å². The maximum Gasteiger partial charge on any atom is 0.227 e. The summed E-state index contributed by atoms with van der Waals surface area (Å²) in [7, 11) is 0. The summed E-state index contributed by atoms with van der Waals surface area (Å²) in [6.07, 6.45) is 11.3. The van der Waals surface area contributed by atoms with Crippen molar-refractivity contribution < 1.29 is 4.79 Å². The van der Waals surface area contributed by atoms with E-state index in [4.69, 9.17) is 0 Å². The van der Waals surface area contributed by atoms with Gasteiger partial charge in [-0.3, -0.25) is 14.8 Å². The summed E-state index contributed by atoms with van der Waals surface area (Å²) in [5.41, 5.74) is 3.23. The number of carbonyl (C=O) groups excluding carboxylic acids is 1. The van der Waals surface area contributed by atoms with Gasteiger partial charge in [0.25, 0.3) is 0 Å². The Balaban J connectivity index is 1.56. The molecule has 0 radical (unpaired) electrons. The van der Waals surface area contributed by atoms with E-state index in [1.54, 1.807) is 24.8 Å². The normalized spacial score (nSPS) is 16.6. The highest BCUT2D eigenvalue weighted by molar-refractivity contribution is 5.79. The second kappa shape index (κ2) is 7.70. The van der Waals surface area contributed by atoms with Crippen LogP contribution in [0.3, 0.4) is 0 Å². The van der Waals surface area contributed by atoms with E-state index in [0.29, 0.717) is 6.42 Å². The number of likely N-dealkylation sites (tertiary alicyclic amines) is 1. The number of pyridine rings is 2. The van der Waals surface area contributed by atoms with Crippen LogP contribution in [-0.2, 0) is 17.8 Å². The predicted octanol–water partition coefficient (Wildman–Crippen LogP) is 2.94. The monoisotopic (exact) mass is 361 g/mol. The van der Waals surface area contributed by atoms with Crippen molar-refractivity contribution in [3.63, 3.8) is 0 Å². The Kier molecular flexibility index (Phi) is 4.96. The number of imidazole rings is 1. The lowest BCUT2D eigenvalue weighted by atomic mass is 10.1. The van der Waals surface area contributed by atoms with E-state index < -0.39 is 0 Å². The molecule has 0 saturated carbocycles. The zero-order chi connectivity index (χ0) is 18.6. The minimum atomic E-state index is 0.0321. The van der Waals surface area contributed by atoms with Crippen molar-refractivity contribution in [3.05, 3.63) is 77.9 Å². The summed E-state index contributed by atoms with van der Waals surface area (Å²) in [4.78, 5) is 27.8. The fourth-order valence-corrected chi connectivity index (χ4v) is 3.73. The molecule has 0 bridgehead atoms. The van der Waals surface area contributed by atoms with Gasteiger partial charge >= 0.3 is 0 Å². The zero-order valence-electron chi connectivity index (χ0n) is 15.5. The molecule has 3 aromatic rings. The molecule has 27 heavy (non-hydrogen) atoms. The first-order valence-corrected chi connectivity index (χ1v) is 9.31. The molecule has 4 heterocycles. The number of carbonyl (C=O) groups is 1. The van der Waals surface area contributed by atoms with Gasteiger partial charge in [-0.15, -0.1) is 0 Å². The summed E-state index contributed by atoms with van der Waals surface area (Å²) in [6, 6.07) is 7.89. The Bertz CT molecular complexity index is 907. The van der Waals surface area contributed by atoms with Crippen molar-refractivity contribution in [2.24, 2.45) is 0 Å². The van der Waals surface area contributed by atoms with Crippen LogP contribution in [0.15, 0.2) is 55.2 Å². The number of rotatable bonds is 5. The van der Waals surface area contributed by atoms with Crippen LogP contribution in [0.2, 0.25) is 0 Å². The van der Waals surface area contributed by atoms with E-state index >= 15 is 0 Å². The highest BCUT2D eigenvalue weighted by Crippen LogP contribution is 2.32. The van der Waals surface area contributed by atoms with Gasteiger partial charge in [0.1, 0.15) is 5.82 Å². The summed E-state index contributed by atoms with van der Waals surface area (Å²) >= 11 is 0. The van der Waals surface area contributed by atoms with Crippen LogP contribution in [0, 0.1) is 6.92 Å². The number of hydrogen-bond acceptors (Lipinski definition) is 4. The molecule has 6 heteroatoms. The lowest BCUT2D eigenvalue weighted by Crippen LogP contribution is -2.33. The average Bonchev–Trinajstić information content (AvgIpc) is 3.31. The highest BCUT2D eigenvalue weighted by Gasteiger charge is 2.33. The van der Waals surface area contributed by atoms with E-state index in [-0.39, 0.29) is 11.9 Å². The molecule has 1 aliphatic rings. The van der Waals surface area contributed by atoms with Gasteiger partial charge in [-0.1, -0.05) is 6.07 Å². The second-order valence-corrected chi connectivity index (χ2v) is 6.98. The molecule has 138 valence electrons. The van der Waals surface area contributed by atoms with Crippen molar-refractivity contribution in [1.29, 1.82) is 0 Å². The van der Waals surface area contributed by atoms with Crippen LogP contribution in [0.25, 0.3) is 0 Å². The standard InChI is InChI=1S/C21H23N5O/c1-16-13-24-21(26(16)15-17-6-9-22-10-7-17)19-5-3-11-25(19)20(27)12-18-4-2-8-23-14-18/h2,4,6-10,13-14,19H,3,5,11-12,15H2,1H3. The molecule has 1 saturated heterocycles. The van der Waals surface area contributed by atoms with Gasteiger partial charge in [0, 0.05) is 49.8 Å². The average molecular weight is 361 g/mol. The zero-order valence-corrected chi connectivity index (χ0v) is 15.5. The van der Waals surface area contributed by atoms with Crippen molar-refractivity contribution in [2.75, 3.05) is 6.54 Å². The van der Waals surface area contributed by atoms with Crippen LogP contribution < -0.4 is 0 Å². The molecule has 1 aliphatic heterocycles. The third kappa shape index (κ3) is 3.74. The Morgan fingerprint density at radius 2 is 1.96 bits per heavy atom. The molecule has 0 aliphatic carbocycles. The number of aromatic nitrogens is 4. The third-order valence-electron chi connectivity index (χ3n) is 5.13. The first kappa shape index (κ1) is 17.4. The van der Waals surface area contributed by atoms with Gasteiger partial charge in [0.05, 0.1) is 12.5 Å². The summed E-state index contributed by atoms with van der Waals surface area (Å²) < 4.78 is 2.22. The molecule has 3 aromatic heterocycles. The van der Waals surface area contributed by atoms with Crippen LogP contribution in [-0.4, -0.2) is 36.9 Å². The molecule has 0 spiro atoms. The van der Waals surface area contributed by atoms with E-state index in [1.165, 1.54) is 5.56 Å². The largest absolute Gasteiger partial charge is 0.332 e. The van der Waals surface area contributed by atoms with Gasteiger partial charge in [-0.2, -0.15) is 0 Å². The first-order valence-electron chi connectivity index (χ1n) is 9.31. The lowest BCUT2D eigenvalue weighted by molar-refractivity contribution is -0.131. The van der Waals surface area contributed by atoms with Crippen LogP contribution in [0.5, 0.6) is 0 Å². The summed E-state index contributed by atoms with van der Waals surface area (Å²) in [5, 5.41) is 0. The second-order valence-electron chi connectivity index (χ2n) is 6.98. The number of aryl methyl sites for hydroxylation is 1. The molecule has 4 rings (SSSR count). The van der Waals surface area contributed by atoms with Gasteiger partial charge in [0.15, 0.2) is 0 Å². The Morgan fingerprint density at radius 3 is 2.74 bits per heavy atom. The van der Waals surface area contributed by atoms with Crippen molar-refractivity contribution in [3.8, 4) is 0 Å². The maximum absolute atomic E-state index is 12.9. The SMILES string of the molecule is Cc1cnc(C2CCCN2C(=O)Cc2cccnc2)n1Cc1ccncc1. The number of hydrogen-bond donors (Lipinski definition) is 0. The van der Waals surface area contributed by atoms with Crippen molar-refractivity contribution in [1.82, 2.24) is 24.4 Å².